The number of cyclic esters (lactones) is 1. The standard InChI is InChI=1S/C20H33NO6/c1-5-25-17(22)14-12-16(26-18(14)23)15(11-13-9-7-6-8-10-13)21-19(24)27-20(2,3)4/h13-16H,5-12H2,1-4H3,(H,21,24)/t14-,15-,16-/m0/s1. The number of amides is 1. The lowest BCUT2D eigenvalue weighted by Crippen LogP contribution is -2.46. The summed E-state index contributed by atoms with van der Waals surface area (Å²) in [6.07, 6.45) is 5.68. The summed E-state index contributed by atoms with van der Waals surface area (Å²) >= 11 is 0. The quantitative estimate of drug-likeness (QED) is 0.430. The molecule has 2 aliphatic rings. The zero-order valence-corrected chi connectivity index (χ0v) is 16.9. The molecule has 7 heteroatoms. The van der Waals surface area contributed by atoms with Gasteiger partial charge in [0.25, 0.3) is 0 Å². The van der Waals surface area contributed by atoms with Gasteiger partial charge in [0.1, 0.15) is 11.7 Å². The maximum Gasteiger partial charge on any atom is 0.408 e. The molecule has 1 aliphatic heterocycles. The van der Waals surface area contributed by atoms with Crippen molar-refractivity contribution in [1.82, 2.24) is 5.32 Å². The summed E-state index contributed by atoms with van der Waals surface area (Å²) in [5.74, 6) is -1.57. The molecule has 0 aromatic heterocycles. The smallest absolute Gasteiger partial charge is 0.408 e. The number of carbonyl (C=O) groups excluding carboxylic acids is 3. The molecule has 3 atom stereocenters. The molecule has 1 saturated heterocycles. The first-order valence-corrected chi connectivity index (χ1v) is 10.1. The van der Waals surface area contributed by atoms with E-state index in [0.717, 1.165) is 12.8 Å². The van der Waals surface area contributed by atoms with Gasteiger partial charge in [0, 0.05) is 6.42 Å². The maximum absolute atomic E-state index is 12.3. The van der Waals surface area contributed by atoms with Crippen molar-refractivity contribution in [3.8, 4) is 0 Å². The minimum atomic E-state index is -0.913. The second-order valence-electron chi connectivity index (χ2n) is 8.51. The lowest BCUT2D eigenvalue weighted by molar-refractivity contribution is -0.156. The zero-order valence-electron chi connectivity index (χ0n) is 16.9. The van der Waals surface area contributed by atoms with Gasteiger partial charge in [-0.15, -0.1) is 0 Å². The molecule has 1 aliphatic carbocycles. The summed E-state index contributed by atoms with van der Waals surface area (Å²) in [6, 6.07) is -0.369. The first-order chi connectivity index (χ1) is 12.7. The maximum atomic E-state index is 12.3. The lowest BCUT2D eigenvalue weighted by atomic mass is 9.83. The van der Waals surface area contributed by atoms with Crippen molar-refractivity contribution < 1.29 is 28.6 Å². The Morgan fingerprint density at radius 2 is 1.89 bits per heavy atom. The fourth-order valence-corrected chi connectivity index (χ4v) is 3.83. The van der Waals surface area contributed by atoms with E-state index in [4.69, 9.17) is 14.2 Å². The molecule has 1 saturated carbocycles. The Morgan fingerprint density at radius 3 is 2.48 bits per heavy atom. The molecule has 7 nitrogen and oxygen atoms in total. The Bertz CT molecular complexity index is 535. The minimum Gasteiger partial charge on any atom is -0.465 e. The molecule has 27 heavy (non-hydrogen) atoms. The molecule has 0 aromatic carbocycles. The Hall–Kier alpha value is -1.79. The highest BCUT2D eigenvalue weighted by atomic mass is 16.6. The van der Waals surface area contributed by atoms with Crippen LogP contribution in [0, 0.1) is 11.8 Å². The fraction of sp³-hybridized carbons (Fsp3) is 0.850. The molecule has 0 bridgehead atoms. The van der Waals surface area contributed by atoms with Crippen molar-refractivity contribution in [1.29, 1.82) is 0 Å². The van der Waals surface area contributed by atoms with Gasteiger partial charge in [-0.25, -0.2) is 4.79 Å². The fourth-order valence-electron chi connectivity index (χ4n) is 3.83. The molecule has 0 aromatic rings. The van der Waals surface area contributed by atoms with Crippen LogP contribution < -0.4 is 5.32 Å². The van der Waals surface area contributed by atoms with Gasteiger partial charge >= 0.3 is 18.0 Å². The van der Waals surface area contributed by atoms with Crippen LogP contribution in [0.3, 0.4) is 0 Å². The SMILES string of the molecule is CCOC(=O)[C@@H]1C[C@@H]([C@H](CC2CCCCC2)NC(=O)OC(C)(C)C)OC1=O. The van der Waals surface area contributed by atoms with Crippen LogP contribution in [0.1, 0.15) is 72.6 Å². The molecular weight excluding hydrogens is 350 g/mol. The summed E-state index contributed by atoms with van der Waals surface area (Å²) < 4.78 is 15.8. The monoisotopic (exact) mass is 383 g/mol. The van der Waals surface area contributed by atoms with E-state index in [1.807, 2.05) is 0 Å². The number of nitrogens with one attached hydrogen (secondary N) is 1. The van der Waals surface area contributed by atoms with E-state index in [9.17, 15) is 14.4 Å². The molecule has 1 heterocycles. The van der Waals surface area contributed by atoms with Crippen LogP contribution in [0.5, 0.6) is 0 Å². The third kappa shape index (κ3) is 6.70. The Morgan fingerprint density at radius 1 is 1.22 bits per heavy atom. The molecule has 154 valence electrons. The third-order valence-corrected chi connectivity index (χ3v) is 5.05. The van der Waals surface area contributed by atoms with Crippen LogP contribution in [0.2, 0.25) is 0 Å². The number of rotatable bonds is 6. The van der Waals surface area contributed by atoms with Crippen molar-refractivity contribution in [2.24, 2.45) is 11.8 Å². The molecule has 0 radical (unpaired) electrons. The first kappa shape index (κ1) is 21.5. The van der Waals surface area contributed by atoms with E-state index in [0.29, 0.717) is 12.3 Å². The van der Waals surface area contributed by atoms with Crippen LogP contribution >= 0.6 is 0 Å². The third-order valence-electron chi connectivity index (χ3n) is 5.05. The number of hydrogen-bond donors (Lipinski definition) is 1. The average molecular weight is 383 g/mol. The first-order valence-electron chi connectivity index (χ1n) is 10.1. The topological polar surface area (TPSA) is 90.9 Å². The summed E-state index contributed by atoms with van der Waals surface area (Å²) in [6.45, 7) is 7.32. The van der Waals surface area contributed by atoms with Gasteiger partial charge < -0.3 is 19.5 Å². The second kappa shape index (κ2) is 9.42. The zero-order chi connectivity index (χ0) is 20.0. The predicted octanol–water partition coefficient (Wildman–Crippen LogP) is 3.34. The summed E-state index contributed by atoms with van der Waals surface area (Å²) in [4.78, 5) is 36.4. The molecule has 1 N–H and O–H groups in total. The van der Waals surface area contributed by atoms with E-state index in [1.165, 1.54) is 19.3 Å². The average Bonchev–Trinajstić information content (AvgIpc) is 2.95. The number of alkyl carbamates (subject to hydrolysis) is 1. The minimum absolute atomic E-state index is 0.217. The van der Waals surface area contributed by atoms with Gasteiger partial charge in [0.05, 0.1) is 12.6 Å². The number of esters is 2. The van der Waals surface area contributed by atoms with Crippen molar-refractivity contribution in [3.63, 3.8) is 0 Å². The van der Waals surface area contributed by atoms with E-state index >= 15 is 0 Å². The van der Waals surface area contributed by atoms with Crippen LogP contribution in [0.25, 0.3) is 0 Å². The molecule has 1 amide bonds. The Kier molecular flexibility index (Phi) is 7.50. The lowest BCUT2D eigenvalue weighted by Gasteiger charge is -2.30. The Labute approximate surface area is 161 Å². The highest BCUT2D eigenvalue weighted by Gasteiger charge is 2.45. The number of ether oxygens (including phenoxy) is 3. The highest BCUT2D eigenvalue weighted by molar-refractivity contribution is 5.96. The molecule has 2 rings (SSSR count). The van der Waals surface area contributed by atoms with Crippen molar-refractivity contribution in [2.45, 2.75) is 90.4 Å². The van der Waals surface area contributed by atoms with Crippen molar-refractivity contribution >= 4 is 18.0 Å². The number of hydrogen-bond acceptors (Lipinski definition) is 6. The molecule has 0 unspecified atom stereocenters. The van der Waals surface area contributed by atoms with Crippen LogP contribution in [0.15, 0.2) is 0 Å². The second-order valence-corrected chi connectivity index (χ2v) is 8.51. The molecular formula is C20H33NO6. The van der Waals surface area contributed by atoms with E-state index < -0.39 is 35.7 Å². The van der Waals surface area contributed by atoms with Crippen LogP contribution in [-0.4, -0.2) is 42.4 Å². The molecule has 2 fully saturated rings. The predicted molar refractivity (Wildman–Crippen MR) is 99.0 cm³/mol. The van der Waals surface area contributed by atoms with Gasteiger partial charge in [-0.2, -0.15) is 0 Å². The van der Waals surface area contributed by atoms with Crippen molar-refractivity contribution in [2.75, 3.05) is 6.61 Å². The van der Waals surface area contributed by atoms with Gasteiger partial charge in [-0.3, -0.25) is 9.59 Å². The largest absolute Gasteiger partial charge is 0.465 e. The van der Waals surface area contributed by atoms with Crippen LogP contribution in [-0.2, 0) is 23.8 Å². The normalized spacial score (nSPS) is 24.8. The highest BCUT2D eigenvalue weighted by Crippen LogP contribution is 2.32. The summed E-state index contributed by atoms with van der Waals surface area (Å²) in [7, 11) is 0. The summed E-state index contributed by atoms with van der Waals surface area (Å²) in [5.41, 5.74) is -0.612. The Balaban J connectivity index is 2.05. The van der Waals surface area contributed by atoms with Gasteiger partial charge in [-0.1, -0.05) is 32.1 Å². The number of carbonyl (C=O) groups is 3. The molecule has 0 spiro atoms. The van der Waals surface area contributed by atoms with E-state index in [-0.39, 0.29) is 19.1 Å². The van der Waals surface area contributed by atoms with E-state index in [2.05, 4.69) is 5.32 Å². The van der Waals surface area contributed by atoms with Crippen molar-refractivity contribution in [3.05, 3.63) is 0 Å². The van der Waals surface area contributed by atoms with Gasteiger partial charge in [0.2, 0.25) is 0 Å². The van der Waals surface area contributed by atoms with Gasteiger partial charge in [-0.05, 0) is 40.0 Å². The van der Waals surface area contributed by atoms with Crippen LogP contribution in [0.4, 0.5) is 4.79 Å². The summed E-state index contributed by atoms with van der Waals surface area (Å²) in [5, 5.41) is 2.88. The van der Waals surface area contributed by atoms with E-state index in [1.54, 1.807) is 27.7 Å². The van der Waals surface area contributed by atoms with Gasteiger partial charge in [0.15, 0.2) is 5.92 Å².